The lowest BCUT2D eigenvalue weighted by Crippen LogP contribution is -2.14. The van der Waals surface area contributed by atoms with Crippen molar-refractivity contribution >= 4 is 50.5 Å². The maximum Gasteiger partial charge on any atom is 0.255 e. The van der Waals surface area contributed by atoms with Gasteiger partial charge in [0.1, 0.15) is 0 Å². The van der Waals surface area contributed by atoms with Gasteiger partial charge in [0.15, 0.2) is 0 Å². The Kier molecular flexibility index (Phi) is 5.66. The largest absolute Gasteiger partial charge is 0.326 e. The zero-order chi connectivity index (χ0) is 18.6. The van der Waals surface area contributed by atoms with E-state index in [2.05, 4.69) is 15.4 Å². The minimum absolute atomic E-state index is 0.102. The number of sulfonamides is 1. The quantitative estimate of drug-likeness (QED) is 0.740. The highest BCUT2D eigenvalue weighted by Crippen LogP contribution is 2.24. The molecule has 0 spiro atoms. The number of anilines is 3. The van der Waals surface area contributed by atoms with Crippen LogP contribution in [0.25, 0.3) is 0 Å². The van der Waals surface area contributed by atoms with Gasteiger partial charge < -0.3 is 10.6 Å². The Bertz CT molecular complexity index is 929. The van der Waals surface area contributed by atoms with E-state index in [1.807, 2.05) is 0 Å². The van der Waals surface area contributed by atoms with Gasteiger partial charge in [0.25, 0.3) is 5.91 Å². The van der Waals surface area contributed by atoms with Crippen molar-refractivity contribution in [3.8, 4) is 0 Å². The highest BCUT2D eigenvalue weighted by atomic mass is 35.5. The number of benzene rings is 2. The molecule has 2 aromatic rings. The summed E-state index contributed by atoms with van der Waals surface area (Å²) >= 11 is 6.01. The normalized spacial score (nSPS) is 10.8. The molecule has 0 aliphatic heterocycles. The third kappa shape index (κ3) is 5.77. The molecule has 9 heteroatoms. The van der Waals surface area contributed by atoms with Crippen LogP contribution in [0.2, 0.25) is 5.02 Å². The number of halogens is 1. The van der Waals surface area contributed by atoms with Crippen molar-refractivity contribution in [1.29, 1.82) is 0 Å². The molecule has 3 N–H and O–H groups in total. The third-order valence-corrected chi connectivity index (χ3v) is 3.87. The summed E-state index contributed by atoms with van der Waals surface area (Å²) in [6, 6.07) is 10.9. The topological polar surface area (TPSA) is 104 Å². The second kappa shape index (κ2) is 7.54. The number of rotatable bonds is 5. The van der Waals surface area contributed by atoms with Gasteiger partial charge in [-0.05, 0) is 36.4 Å². The minimum Gasteiger partial charge on any atom is -0.326 e. The van der Waals surface area contributed by atoms with Crippen molar-refractivity contribution in [2.75, 3.05) is 21.6 Å². The van der Waals surface area contributed by atoms with Crippen LogP contribution in [0.1, 0.15) is 17.3 Å². The molecule has 25 heavy (non-hydrogen) atoms. The van der Waals surface area contributed by atoms with E-state index in [9.17, 15) is 18.0 Å². The van der Waals surface area contributed by atoms with Gasteiger partial charge >= 0.3 is 0 Å². The molecule has 0 unspecified atom stereocenters. The van der Waals surface area contributed by atoms with Gasteiger partial charge in [0, 0.05) is 23.9 Å². The lowest BCUT2D eigenvalue weighted by Gasteiger charge is -2.10. The van der Waals surface area contributed by atoms with Gasteiger partial charge in [0.05, 0.1) is 17.0 Å². The van der Waals surface area contributed by atoms with Crippen LogP contribution in [0.4, 0.5) is 17.1 Å². The highest BCUT2D eigenvalue weighted by molar-refractivity contribution is 7.92. The molecule has 0 fully saturated rings. The molecule has 0 saturated carbocycles. The van der Waals surface area contributed by atoms with Crippen LogP contribution in [0.15, 0.2) is 42.5 Å². The van der Waals surface area contributed by atoms with E-state index in [-0.39, 0.29) is 22.2 Å². The van der Waals surface area contributed by atoms with E-state index < -0.39 is 15.9 Å². The molecule has 2 amide bonds. The maximum atomic E-state index is 12.3. The van der Waals surface area contributed by atoms with Gasteiger partial charge in [-0.1, -0.05) is 17.7 Å². The van der Waals surface area contributed by atoms with Crippen LogP contribution in [0.3, 0.4) is 0 Å². The first kappa shape index (κ1) is 18.8. The van der Waals surface area contributed by atoms with Gasteiger partial charge in [-0.3, -0.25) is 14.3 Å². The molecule has 0 bridgehead atoms. The summed E-state index contributed by atoms with van der Waals surface area (Å²) in [7, 11) is -3.47. The second-order valence-corrected chi connectivity index (χ2v) is 7.44. The zero-order valence-corrected chi connectivity index (χ0v) is 15.0. The summed E-state index contributed by atoms with van der Waals surface area (Å²) in [4.78, 5) is 23.4. The molecule has 0 aliphatic carbocycles. The zero-order valence-electron chi connectivity index (χ0n) is 13.5. The summed E-state index contributed by atoms with van der Waals surface area (Å²) in [6.07, 6.45) is 1.01. The van der Waals surface area contributed by atoms with Gasteiger partial charge in [-0.2, -0.15) is 0 Å². The standard InChI is InChI=1S/C16H16ClN3O4S/c1-10(21)18-12-4-3-5-13(9-12)19-16(22)11-6-7-15(14(17)8-11)20-25(2,23)24/h3-9,20H,1-2H3,(H,18,21)(H,19,22). The fraction of sp³-hybridized carbons (Fsp3) is 0.125. The fourth-order valence-corrected chi connectivity index (χ4v) is 2.88. The van der Waals surface area contributed by atoms with E-state index in [4.69, 9.17) is 11.6 Å². The molecule has 0 aromatic heterocycles. The number of hydrogen-bond acceptors (Lipinski definition) is 4. The third-order valence-electron chi connectivity index (χ3n) is 2.97. The number of hydrogen-bond donors (Lipinski definition) is 3. The van der Waals surface area contributed by atoms with Crippen molar-refractivity contribution in [2.24, 2.45) is 0 Å². The predicted molar refractivity (Wildman–Crippen MR) is 98.6 cm³/mol. The van der Waals surface area contributed by atoms with Crippen molar-refractivity contribution in [3.63, 3.8) is 0 Å². The van der Waals surface area contributed by atoms with E-state index in [1.165, 1.54) is 25.1 Å². The van der Waals surface area contributed by atoms with Crippen molar-refractivity contribution < 1.29 is 18.0 Å². The first-order chi connectivity index (χ1) is 11.6. The second-order valence-electron chi connectivity index (χ2n) is 5.28. The molecule has 0 atom stereocenters. The molecular formula is C16H16ClN3O4S. The summed E-state index contributed by atoms with van der Waals surface area (Å²) in [5.41, 5.74) is 1.49. The number of amides is 2. The molecule has 0 saturated heterocycles. The Morgan fingerprint density at radius 1 is 1.00 bits per heavy atom. The Morgan fingerprint density at radius 3 is 2.20 bits per heavy atom. The Labute approximate surface area is 150 Å². The fourth-order valence-electron chi connectivity index (χ4n) is 2.02. The Hall–Kier alpha value is -2.58. The number of nitrogens with one attached hydrogen (secondary N) is 3. The molecule has 0 aliphatic rings. The van der Waals surface area contributed by atoms with Crippen LogP contribution in [0, 0.1) is 0 Å². The number of carbonyl (C=O) groups is 2. The first-order valence-electron chi connectivity index (χ1n) is 7.10. The minimum atomic E-state index is -3.47. The summed E-state index contributed by atoms with van der Waals surface area (Å²) in [6.45, 7) is 1.39. The van der Waals surface area contributed by atoms with Gasteiger partial charge in [-0.25, -0.2) is 8.42 Å². The molecular weight excluding hydrogens is 366 g/mol. The lowest BCUT2D eigenvalue weighted by atomic mass is 10.2. The maximum absolute atomic E-state index is 12.3. The van der Waals surface area contributed by atoms with E-state index in [1.54, 1.807) is 24.3 Å². The first-order valence-corrected chi connectivity index (χ1v) is 9.37. The average molecular weight is 382 g/mol. The van der Waals surface area contributed by atoms with Crippen LogP contribution in [-0.4, -0.2) is 26.5 Å². The highest BCUT2D eigenvalue weighted by Gasteiger charge is 2.11. The molecule has 0 radical (unpaired) electrons. The van der Waals surface area contributed by atoms with Crippen LogP contribution in [-0.2, 0) is 14.8 Å². The molecule has 132 valence electrons. The molecule has 0 heterocycles. The molecule has 2 aromatic carbocycles. The molecule has 7 nitrogen and oxygen atoms in total. The summed E-state index contributed by atoms with van der Waals surface area (Å²) in [5.74, 6) is -0.642. The van der Waals surface area contributed by atoms with Gasteiger partial charge in [0.2, 0.25) is 15.9 Å². The lowest BCUT2D eigenvalue weighted by molar-refractivity contribution is -0.114. The van der Waals surface area contributed by atoms with Crippen LogP contribution < -0.4 is 15.4 Å². The predicted octanol–water partition coefficient (Wildman–Crippen LogP) is 2.92. The SMILES string of the molecule is CC(=O)Nc1cccc(NC(=O)c2ccc(NS(C)(=O)=O)c(Cl)c2)c1. The van der Waals surface area contributed by atoms with Crippen molar-refractivity contribution in [2.45, 2.75) is 6.92 Å². The number of carbonyl (C=O) groups excluding carboxylic acids is 2. The van der Waals surface area contributed by atoms with E-state index in [0.29, 0.717) is 11.4 Å². The summed E-state index contributed by atoms with van der Waals surface area (Å²) in [5, 5.41) is 5.40. The van der Waals surface area contributed by atoms with Crippen LogP contribution >= 0.6 is 11.6 Å². The van der Waals surface area contributed by atoms with Crippen molar-refractivity contribution in [3.05, 3.63) is 53.1 Å². The smallest absolute Gasteiger partial charge is 0.255 e. The van der Waals surface area contributed by atoms with Crippen molar-refractivity contribution in [1.82, 2.24) is 0 Å². The Morgan fingerprint density at radius 2 is 1.64 bits per heavy atom. The van der Waals surface area contributed by atoms with E-state index in [0.717, 1.165) is 6.26 Å². The molecule has 2 rings (SSSR count). The Balaban J connectivity index is 2.16. The average Bonchev–Trinajstić information content (AvgIpc) is 2.47. The summed E-state index contributed by atoms with van der Waals surface area (Å²) < 4.78 is 24.7. The van der Waals surface area contributed by atoms with Gasteiger partial charge in [-0.15, -0.1) is 0 Å². The monoisotopic (exact) mass is 381 g/mol. The van der Waals surface area contributed by atoms with E-state index >= 15 is 0 Å². The van der Waals surface area contributed by atoms with Crippen LogP contribution in [0.5, 0.6) is 0 Å².